The third kappa shape index (κ3) is 6.67. The lowest BCUT2D eigenvalue weighted by Crippen LogP contribution is -2.48. The van der Waals surface area contributed by atoms with Crippen LogP contribution in [0.5, 0.6) is 0 Å². The molecule has 0 unspecified atom stereocenters. The molecule has 1 aliphatic heterocycles. The Bertz CT molecular complexity index is 564. The van der Waals surface area contributed by atoms with Crippen LogP contribution in [-0.2, 0) is 11.3 Å². The summed E-state index contributed by atoms with van der Waals surface area (Å²) in [5.41, 5.74) is 1.33. The van der Waals surface area contributed by atoms with Gasteiger partial charge in [0.2, 0.25) is 5.91 Å². The van der Waals surface area contributed by atoms with Gasteiger partial charge in [-0.3, -0.25) is 9.69 Å². The fourth-order valence-corrected chi connectivity index (χ4v) is 3.40. The molecule has 0 radical (unpaired) electrons. The number of likely N-dealkylation sites (tertiary alicyclic amines) is 1. The maximum atomic E-state index is 12.4. The van der Waals surface area contributed by atoms with E-state index in [0.717, 1.165) is 32.5 Å². The van der Waals surface area contributed by atoms with E-state index in [-0.39, 0.29) is 18.5 Å². The van der Waals surface area contributed by atoms with Gasteiger partial charge in [-0.25, -0.2) is 4.79 Å². The predicted molar refractivity (Wildman–Crippen MR) is 104 cm³/mol. The van der Waals surface area contributed by atoms with E-state index in [1.165, 1.54) is 5.56 Å². The third-order valence-electron chi connectivity index (χ3n) is 4.77. The molecule has 0 bridgehead atoms. The van der Waals surface area contributed by atoms with Gasteiger partial charge >= 0.3 is 6.03 Å². The minimum absolute atomic E-state index is 0.112. The Kier molecular flexibility index (Phi) is 8.41. The highest BCUT2D eigenvalue weighted by atomic mass is 16.2. The molecule has 1 aliphatic rings. The predicted octanol–water partition coefficient (Wildman–Crippen LogP) is 2.07. The van der Waals surface area contributed by atoms with Gasteiger partial charge < -0.3 is 15.5 Å². The van der Waals surface area contributed by atoms with Crippen molar-refractivity contribution < 1.29 is 9.59 Å². The SMILES string of the molecule is CCNC(=O)CN(CC)C(=O)NC[C@@H]1CCCN(Cc2ccccc2)C1. The van der Waals surface area contributed by atoms with E-state index in [1.807, 2.05) is 19.9 Å². The number of carbonyl (C=O) groups is 2. The van der Waals surface area contributed by atoms with E-state index >= 15 is 0 Å². The van der Waals surface area contributed by atoms with E-state index < -0.39 is 0 Å². The molecule has 2 rings (SSSR count). The number of hydrogen-bond donors (Lipinski definition) is 2. The zero-order chi connectivity index (χ0) is 18.8. The molecule has 1 heterocycles. The van der Waals surface area contributed by atoms with E-state index in [9.17, 15) is 9.59 Å². The Hall–Kier alpha value is -2.08. The topological polar surface area (TPSA) is 64.7 Å². The summed E-state index contributed by atoms with van der Waals surface area (Å²) >= 11 is 0. The maximum absolute atomic E-state index is 12.4. The first-order chi connectivity index (χ1) is 12.6. The van der Waals surface area contributed by atoms with Crippen LogP contribution in [0.3, 0.4) is 0 Å². The van der Waals surface area contributed by atoms with Crippen molar-refractivity contribution in [3.8, 4) is 0 Å². The Labute approximate surface area is 156 Å². The highest BCUT2D eigenvalue weighted by Crippen LogP contribution is 2.18. The van der Waals surface area contributed by atoms with Gasteiger partial charge in [-0.1, -0.05) is 30.3 Å². The van der Waals surface area contributed by atoms with E-state index in [4.69, 9.17) is 0 Å². The summed E-state index contributed by atoms with van der Waals surface area (Å²) < 4.78 is 0. The molecule has 2 N–H and O–H groups in total. The van der Waals surface area contributed by atoms with Crippen molar-refractivity contribution >= 4 is 11.9 Å². The van der Waals surface area contributed by atoms with Gasteiger partial charge in [0.05, 0.1) is 0 Å². The largest absolute Gasteiger partial charge is 0.355 e. The number of piperidine rings is 1. The molecule has 1 aromatic rings. The van der Waals surface area contributed by atoms with Crippen molar-refractivity contribution in [3.63, 3.8) is 0 Å². The lowest BCUT2D eigenvalue weighted by Gasteiger charge is -2.33. The molecular formula is C20H32N4O2. The normalized spacial score (nSPS) is 17.5. The first-order valence-corrected chi connectivity index (χ1v) is 9.68. The van der Waals surface area contributed by atoms with Gasteiger partial charge in [0, 0.05) is 32.7 Å². The van der Waals surface area contributed by atoms with E-state index in [1.54, 1.807) is 4.90 Å². The van der Waals surface area contributed by atoms with Crippen LogP contribution in [0.15, 0.2) is 30.3 Å². The van der Waals surface area contributed by atoms with Crippen LogP contribution in [0, 0.1) is 5.92 Å². The van der Waals surface area contributed by atoms with Gasteiger partial charge in [0.15, 0.2) is 0 Å². The average molecular weight is 361 g/mol. The van der Waals surface area contributed by atoms with Crippen LogP contribution in [0.1, 0.15) is 32.3 Å². The second-order valence-corrected chi connectivity index (χ2v) is 6.88. The monoisotopic (exact) mass is 360 g/mol. The van der Waals surface area contributed by atoms with Crippen molar-refractivity contribution in [1.29, 1.82) is 0 Å². The summed E-state index contributed by atoms with van der Waals surface area (Å²) in [7, 11) is 0. The van der Waals surface area contributed by atoms with Crippen molar-refractivity contribution in [3.05, 3.63) is 35.9 Å². The van der Waals surface area contributed by atoms with Crippen molar-refractivity contribution in [1.82, 2.24) is 20.4 Å². The molecule has 1 fully saturated rings. The number of nitrogens with one attached hydrogen (secondary N) is 2. The lowest BCUT2D eigenvalue weighted by molar-refractivity contribution is -0.121. The molecule has 0 saturated carbocycles. The second-order valence-electron chi connectivity index (χ2n) is 6.88. The van der Waals surface area contributed by atoms with Gasteiger partial charge in [-0.2, -0.15) is 0 Å². The van der Waals surface area contributed by atoms with Crippen LogP contribution >= 0.6 is 0 Å². The van der Waals surface area contributed by atoms with Gasteiger partial charge in [0.1, 0.15) is 6.54 Å². The standard InChI is InChI=1S/C20H32N4O2/c1-3-21-19(25)16-24(4-2)20(26)22-13-18-11-8-12-23(15-18)14-17-9-6-5-7-10-17/h5-7,9-10,18H,3-4,8,11-16H2,1-2H3,(H,21,25)(H,22,26)/t18-/m0/s1. The summed E-state index contributed by atoms with van der Waals surface area (Å²) in [4.78, 5) is 28.1. The summed E-state index contributed by atoms with van der Waals surface area (Å²) in [5.74, 6) is 0.343. The number of hydrogen-bond acceptors (Lipinski definition) is 3. The minimum Gasteiger partial charge on any atom is -0.355 e. The highest BCUT2D eigenvalue weighted by molar-refractivity contribution is 5.83. The molecule has 6 heteroatoms. The number of amides is 3. The summed E-state index contributed by atoms with van der Waals surface area (Å²) in [5, 5.41) is 5.75. The van der Waals surface area contributed by atoms with Crippen LogP contribution in [0.4, 0.5) is 4.79 Å². The fraction of sp³-hybridized carbons (Fsp3) is 0.600. The minimum atomic E-state index is -0.154. The lowest BCUT2D eigenvalue weighted by atomic mass is 9.97. The van der Waals surface area contributed by atoms with Crippen LogP contribution in [-0.4, -0.2) is 61.0 Å². The molecule has 26 heavy (non-hydrogen) atoms. The molecular weight excluding hydrogens is 328 g/mol. The summed E-state index contributed by atoms with van der Waals surface area (Å²) in [6.07, 6.45) is 2.29. The summed E-state index contributed by atoms with van der Waals surface area (Å²) in [6, 6.07) is 10.4. The van der Waals surface area contributed by atoms with Gasteiger partial charge in [0.25, 0.3) is 0 Å². The fourth-order valence-electron chi connectivity index (χ4n) is 3.40. The molecule has 1 atom stereocenters. The zero-order valence-corrected chi connectivity index (χ0v) is 16.0. The molecule has 0 aliphatic carbocycles. The Morgan fingerprint density at radius 1 is 1.19 bits per heavy atom. The zero-order valence-electron chi connectivity index (χ0n) is 16.0. The molecule has 6 nitrogen and oxygen atoms in total. The number of nitrogens with zero attached hydrogens (tertiary/aromatic N) is 2. The van der Waals surface area contributed by atoms with Crippen LogP contribution in [0.25, 0.3) is 0 Å². The number of likely N-dealkylation sites (N-methyl/N-ethyl adjacent to an activating group) is 2. The first kappa shape index (κ1) is 20.2. The molecule has 0 spiro atoms. The number of rotatable bonds is 8. The maximum Gasteiger partial charge on any atom is 0.317 e. The van der Waals surface area contributed by atoms with Crippen LogP contribution in [0.2, 0.25) is 0 Å². The third-order valence-corrected chi connectivity index (χ3v) is 4.77. The van der Waals surface area contributed by atoms with Crippen molar-refractivity contribution in [2.24, 2.45) is 5.92 Å². The molecule has 3 amide bonds. The van der Waals surface area contributed by atoms with E-state index in [0.29, 0.717) is 25.6 Å². The van der Waals surface area contributed by atoms with Crippen LogP contribution < -0.4 is 10.6 Å². The van der Waals surface area contributed by atoms with Gasteiger partial charge in [-0.15, -0.1) is 0 Å². The molecule has 1 saturated heterocycles. The summed E-state index contributed by atoms with van der Waals surface area (Å²) in [6.45, 7) is 8.71. The Morgan fingerprint density at radius 3 is 2.65 bits per heavy atom. The van der Waals surface area contributed by atoms with Crippen molar-refractivity contribution in [2.75, 3.05) is 39.3 Å². The van der Waals surface area contributed by atoms with E-state index in [2.05, 4.69) is 39.8 Å². The highest BCUT2D eigenvalue weighted by Gasteiger charge is 2.22. The first-order valence-electron chi connectivity index (χ1n) is 9.68. The molecule has 144 valence electrons. The quantitative estimate of drug-likeness (QED) is 0.746. The number of benzene rings is 1. The van der Waals surface area contributed by atoms with Crippen molar-refractivity contribution in [2.45, 2.75) is 33.2 Å². The Balaban J connectivity index is 1.76. The molecule has 0 aromatic heterocycles. The van der Waals surface area contributed by atoms with Gasteiger partial charge in [-0.05, 0) is 44.7 Å². The second kappa shape index (κ2) is 10.8. The average Bonchev–Trinajstić information content (AvgIpc) is 2.65. The molecule has 1 aromatic carbocycles. The smallest absolute Gasteiger partial charge is 0.317 e. The Morgan fingerprint density at radius 2 is 1.96 bits per heavy atom. The number of carbonyl (C=O) groups excluding carboxylic acids is 2. The number of urea groups is 1.